The van der Waals surface area contributed by atoms with Gasteiger partial charge in [-0.2, -0.15) is 0 Å². The van der Waals surface area contributed by atoms with Crippen molar-refractivity contribution in [1.82, 2.24) is 15.0 Å². The molecule has 0 bridgehead atoms. The molecule has 0 unspecified atom stereocenters. The van der Waals surface area contributed by atoms with Crippen molar-refractivity contribution >= 4 is 45.3 Å². The van der Waals surface area contributed by atoms with E-state index in [1.807, 2.05) is 54.7 Å². The molecule has 1 fully saturated rings. The molecular weight excluding hydrogens is 545 g/mol. The second-order valence-corrected chi connectivity index (χ2v) is 12.4. The third kappa shape index (κ3) is 4.39. The maximum atomic E-state index is 6.35. The first-order valence-electron chi connectivity index (χ1n) is 14.9. The molecule has 0 spiro atoms. The topological polar surface area (TPSA) is 70.3 Å². The van der Waals surface area contributed by atoms with Gasteiger partial charge in [0.2, 0.25) is 0 Å². The van der Waals surface area contributed by atoms with E-state index in [0.29, 0.717) is 5.82 Å². The van der Waals surface area contributed by atoms with Gasteiger partial charge in [-0.25, -0.2) is 9.97 Å². The number of hydrogen-bond acceptors (Lipinski definition) is 6. The normalized spacial score (nSPS) is 15.9. The van der Waals surface area contributed by atoms with Crippen LogP contribution in [0, 0.1) is 0 Å². The summed E-state index contributed by atoms with van der Waals surface area (Å²) in [6.07, 6.45) is 3.60. The van der Waals surface area contributed by atoms with Crippen LogP contribution in [0.25, 0.3) is 66.6 Å². The van der Waals surface area contributed by atoms with Crippen LogP contribution in [0.3, 0.4) is 0 Å². The molecule has 7 heteroatoms. The maximum Gasteiger partial charge on any atom is 0.494 e. The SMILES string of the molecule is CC1(C)OB(c2cccc(-c3cc(-c4cccnc4)nc(-c4ccc5oc6ccc7ccccc7c6c5c4)n3)c2)OC1(C)C. The molecule has 4 aromatic carbocycles. The molecule has 3 aromatic heterocycles. The van der Waals surface area contributed by atoms with E-state index in [1.54, 1.807) is 6.20 Å². The van der Waals surface area contributed by atoms with Crippen LogP contribution in [0.15, 0.2) is 114 Å². The van der Waals surface area contributed by atoms with E-state index in [1.165, 1.54) is 5.39 Å². The maximum absolute atomic E-state index is 6.35. The fourth-order valence-corrected chi connectivity index (χ4v) is 5.90. The van der Waals surface area contributed by atoms with Crippen LogP contribution in [-0.4, -0.2) is 33.3 Å². The van der Waals surface area contributed by atoms with Crippen molar-refractivity contribution in [2.75, 3.05) is 0 Å². The van der Waals surface area contributed by atoms with Crippen molar-refractivity contribution in [3.63, 3.8) is 0 Å². The summed E-state index contributed by atoms with van der Waals surface area (Å²) in [5, 5.41) is 4.46. The van der Waals surface area contributed by atoms with Crippen LogP contribution in [0.4, 0.5) is 0 Å². The molecule has 0 saturated carbocycles. The minimum Gasteiger partial charge on any atom is -0.456 e. The highest BCUT2D eigenvalue weighted by atomic mass is 16.7. The van der Waals surface area contributed by atoms with Crippen molar-refractivity contribution in [2.24, 2.45) is 0 Å². The van der Waals surface area contributed by atoms with Gasteiger partial charge in [0.1, 0.15) is 11.2 Å². The van der Waals surface area contributed by atoms with E-state index >= 15 is 0 Å². The molecule has 1 aliphatic rings. The second-order valence-electron chi connectivity index (χ2n) is 12.4. The lowest BCUT2D eigenvalue weighted by atomic mass is 9.78. The number of rotatable bonds is 4. The minimum atomic E-state index is -0.467. The first kappa shape index (κ1) is 26.8. The Hall–Kier alpha value is -4.85. The van der Waals surface area contributed by atoms with Crippen molar-refractivity contribution in [3.8, 4) is 33.9 Å². The van der Waals surface area contributed by atoms with Gasteiger partial charge in [-0.3, -0.25) is 4.98 Å². The summed E-state index contributed by atoms with van der Waals surface area (Å²) in [5.41, 5.74) is 6.16. The van der Waals surface area contributed by atoms with Gasteiger partial charge in [-0.1, -0.05) is 54.6 Å². The van der Waals surface area contributed by atoms with E-state index in [4.69, 9.17) is 23.7 Å². The highest BCUT2D eigenvalue weighted by Crippen LogP contribution is 2.38. The van der Waals surface area contributed by atoms with E-state index in [9.17, 15) is 0 Å². The quantitative estimate of drug-likeness (QED) is 0.197. The van der Waals surface area contributed by atoms with E-state index in [-0.39, 0.29) is 0 Å². The zero-order valence-corrected chi connectivity index (χ0v) is 25.0. The Morgan fingerprint density at radius 3 is 2.16 bits per heavy atom. The van der Waals surface area contributed by atoms with Gasteiger partial charge in [0.05, 0.1) is 22.6 Å². The van der Waals surface area contributed by atoms with Crippen LogP contribution in [0.5, 0.6) is 0 Å². The number of nitrogens with zero attached hydrogens (tertiary/aromatic N) is 3. The zero-order chi connectivity index (χ0) is 30.1. The largest absolute Gasteiger partial charge is 0.494 e. The van der Waals surface area contributed by atoms with Gasteiger partial charge >= 0.3 is 7.12 Å². The van der Waals surface area contributed by atoms with E-state index < -0.39 is 18.3 Å². The van der Waals surface area contributed by atoms with Crippen molar-refractivity contribution < 1.29 is 13.7 Å². The summed E-state index contributed by atoms with van der Waals surface area (Å²) in [5.74, 6) is 0.624. The molecule has 214 valence electrons. The molecule has 0 aliphatic carbocycles. The zero-order valence-electron chi connectivity index (χ0n) is 25.0. The standard InChI is InChI=1S/C37H30BN3O3/c1-36(2)37(3,4)44-38(43-36)27-12-7-10-24(19-27)30-21-31(26-11-8-18-39-22-26)41-35(40-30)25-15-16-32-29(20-25)34-28-13-6-5-9-23(28)14-17-33(34)42-32/h5-22H,1-4H3. The Kier molecular flexibility index (Phi) is 5.99. The van der Waals surface area contributed by atoms with Gasteiger partial charge in [-0.05, 0) is 92.0 Å². The second kappa shape index (κ2) is 9.84. The molecule has 1 saturated heterocycles. The molecule has 0 atom stereocenters. The number of pyridine rings is 1. The molecule has 7 aromatic rings. The smallest absolute Gasteiger partial charge is 0.456 e. The number of hydrogen-bond donors (Lipinski definition) is 0. The first-order valence-corrected chi connectivity index (χ1v) is 14.9. The molecule has 0 N–H and O–H groups in total. The fourth-order valence-electron chi connectivity index (χ4n) is 5.90. The van der Waals surface area contributed by atoms with E-state index in [0.717, 1.165) is 60.9 Å². The van der Waals surface area contributed by atoms with Gasteiger partial charge in [-0.15, -0.1) is 0 Å². The number of aromatic nitrogens is 3. The predicted octanol–water partition coefficient (Wildman–Crippen LogP) is 8.22. The number of furan rings is 1. The summed E-state index contributed by atoms with van der Waals surface area (Å²) >= 11 is 0. The lowest BCUT2D eigenvalue weighted by Gasteiger charge is -2.32. The summed E-state index contributed by atoms with van der Waals surface area (Å²) in [7, 11) is -0.467. The fraction of sp³-hybridized carbons (Fsp3) is 0.162. The Bertz CT molecular complexity index is 2190. The average molecular weight is 575 g/mol. The van der Waals surface area contributed by atoms with Gasteiger partial charge in [0.25, 0.3) is 0 Å². The van der Waals surface area contributed by atoms with Crippen LogP contribution in [-0.2, 0) is 9.31 Å². The van der Waals surface area contributed by atoms with Crippen molar-refractivity contribution in [3.05, 3.63) is 109 Å². The third-order valence-electron chi connectivity index (χ3n) is 9.01. The van der Waals surface area contributed by atoms with Crippen molar-refractivity contribution in [1.29, 1.82) is 0 Å². The van der Waals surface area contributed by atoms with Gasteiger partial charge in [0, 0.05) is 34.3 Å². The lowest BCUT2D eigenvalue weighted by molar-refractivity contribution is 0.00578. The Balaban J connectivity index is 1.28. The van der Waals surface area contributed by atoms with Crippen LogP contribution in [0.1, 0.15) is 27.7 Å². The summed E-state index contributed by atoms with van der Waals surface area (Å²) in [6, 6.07) is 32.9. The Morgan fingerprint density at radius 1 is 0.614 bits per heavy atom. The van der Waals surface area contributed by atoms with Crippen molar-refractivity contribution in [2.45, 2.75) is 38.9 Å². The molecule has 0 radical (unpaired) electrons. The molecule has 44 heavy (non-hydrogen) atoms. The van der Waals surface area contributed by atoms with Gasteiger partial charge < -0.3 is 13.7 Å². The monoisotopic (exact) mass is 575 g/mol. The Morgan fingerprint density at radius 2 is 1.36 bits per heavy atom. The summed E-state index contributed by atoms with van der Waals surface area (Å²) in [4.78, 5) is 14.5. The molecule has 6 nitrogen and oxygen atoms in total. The Labute approximate surface area is 255 Å². The predicted molar refractivity (Wildman–Crippen MR) is 177 cm³/mol. The van der Waals surface area contributed by atoms with Crippen LogP contribution >= 0.6 is 0 Å². The summed E-state index contributed by atoms with van der Waals surface area (Å²) in [6.45, 7) is 8.26. The first-order chi connectivity index (χ1) is 21.3. The molecular formula is C37H30BN3O3. The average Bonchev–Trinajstić information content (AvgIpc) is 3.53. The molecule has 8 rings (SSSR count). The molecule has 1 aliphatic heterocycles. The third-order valence-corrected chi connectivity index (χ3v) is 9.01. The molecule has 4 heterocycles. The van der Waals surface area contributed by atoms with Gasteiger partial charge in [0.15, 0.2) is 5.82 Å². The van der Waals surface area contributed by atoms with Crippen LogP contribution < -0.4 is 5.46 Å². The lowest BCUT2D eigenvalue weighted by Crippen LogP contribution is -2.41. The van der Waals surface area contributed by atoms with Crippen LogP contribution in [0.2, 0.25) is 0 Å². The highest BCUT2D eigenvalue weighted by molar-refractivity contribution is 6.62. The summed E-state index contributed by atoms with van der Waals surface area (Å²) < 4.78 is 19.0. The number of fused-ring (bicyclic) bond motifs is 5. The highest BCUT2D eigenvalue weighted by Gasteiger charge is 2.51. The number of benzene rings is 4. The minimum absolute atomic E-state index is 0.426. The molecule has 0 amide bonds. The van der Waals surface area contributed by atoms with E-state index in [2.05, 4.69) is 81.2 Å².